The Morgan fingerprint density at radius 3 is 1.62 bits per heavy atom. The predicted molar refractivity (Wildman–Crippen MR) is 101 cm³/mol. The Labute approximate surface area is 143 Å². The van der Waals surface area contributed by atoms with Gasteiger partial charge in [0.1, 0.15) is 11.5 Å². The quantitative estimate of drug-likeness (QED) is 0.703. The number of hydrogen-bond donors (Lipinski definition) is 0. The number of aryl methyl sites for hydroxylation is 4. The van der Waals surface area contributed by atoms with Gasteiger partial charge in [0.2, 0.25) is 5.90 Å². The summed E-state index contributed by atoms with van der Waals surface area (Å²) in [6.45, 7) is 10.2. The van der Waals surface area contributed by atoms with Crippen molar-refractivity contribution in [2.75, 3.05) is 0 Å². The summed E-state index contributed by atoms with van der Waals surface area (Å²) in [6.07, 6.45) is 1.94. The Hall–Kier alpha value is -2.68. The molecule has 0 radical (unpaired) electrons. The van der Waals surface area contributed by atoms with E-state index in [1.54, 1.807) is 0 Å². The van der Waals surface area contributed by atoms with Crippen LogP contribution in [-0.2, 0) is 4.74 Å². The van der Waals surface area contributed by atoms with Crippen LogP contribution in [0.1, 0.15) is 29.2 Å². The van der Waals surface area contributed by atoms with Crippen LogP contribution < -0.4 is 0 Å². The second-order valence-electron chi connectivity index (χ2n) is 6.25. The van der Waals surface area contributed by atoms with Crippen LogP contribution in [0.15, 0.2) is 58.2 Å². The summed E-state index contributed by atoms with van der Waals surface area (Å²) in [6, 6.07) is 12.3. The van der Waals surface area contributed by atoms with Crippen LogP contribution in [0.4, 0.5) is 11.4 Å². The van der Waals surface area contributed by atoms with Gasteiger partial charge in [-0.1, -0.05) is 36.4 Å². The van der Waals surface area contributed by atoms with E-state index in [9.17, 15) is 0 Å². The van der Waals surface area contributed by atoms with Crippen molar-refractivity contribution in [1.29, 1.82) is 0 Å². The molecule has 3 heteroatoms. The first-order valence-electron chi connectivity index (χ1n) is 8.12. The van der Waals surface area contributed by atoms with Crippen LogP contribution >= 0.6 is 0 Å². The predicted octanol–water partition coefficient (Wildman–Crippen LogP) is 5.66. The van der Waals surface area contributed by atoms with Gasteiger partial charge in [0, 0.05) is 6.08 Å². The monoisotopic (exact) mass is 318 g/mol. The molecular weight excluding hydrogens is 296 g/mol. The third-order valence-electron chi connectivity index (χ3n) is 4.14. The largest absolute Gasteiger partial charge is 0.442 e. The molecule has 2 aromatic rings. The first-order valence-corrected chi connectivity index (χ1v) is 8.12. The van der Waals surface area contributed by atoms with E-state index in [1.807, 2.05) is 25.1 Å². The average Bonchev–Trinajstić information content (AvgIpc) is 2.87. The third kappa shape index (κ3) is 3.16. The average molecular weight is 318 g/mol. The van der Waals surface area contributed by atoms with Gasteiger partial charge >= 0.3 is 0 Å². The highest BCUT2D eigenvalue weighted by atomic mass is 16.5. The summed E-state index contributed by atoms with van der Waals surface area (Å²) >= 11 is 0. The van der Waals surface area contributed by atoms with E-state index in [4.69, 9.17) is 14.7 Å². The number of allylic oxidation sites excluding steroid dienone is 1. The lowest BCUT2D eigenvalue weighted by molar-refractivity contribution is 0.435. The van der Waals surface area contributed by atoms with E-state index >= 15 is 0 Å². The zero-order valence-electron chi connectivity index (χ0n) is 14.8. The molecule has 1 aliphatic rings. The van der Waals surface area contributed by atoms with Gasteiger partial charge in [-0.3, -0.25) is 0 Å². The van der Waals surface area contributed by atoms with Crippen molar-refractivity contribution in [2.24, 2.45) is 9.98 Å². The van der Waals surface area contributed by atoms with Gasteiger partial charge in [-0.25, -0.2) is 9.98 Å². The van der Waals surface area contributed by atoms with E-state index in [1.165, 1.54) is 0 Å². The summed E-state index contributed by atoms with van der Waals surface area (Å²) in [4.78, 5) is 9.59. The molecule has 0 aliphatic carbocycles. The molecule has 0 N–H and O–H groups in total. The molecule has 0 atom stereocenters. The first-order chi connectivity index (χ1) is 11.5. The maximum atomic E-state index is 5.82. The van der Waals surface area contributed by atoms with Crippen molar-refractivity contribution in [2.45, 2.75) is 34.6 Å². The Balaban J connectivity index is 2.10. The molecule has 0 amide bonds. The van der Waals surface area contributed by atoms with E-state index in [0.29, 0.717) is 5.90 Å². The fraction of sp³-hybridized carbons (Fsp3) is 0.238. The van der Waals surface area contributed by atoms with Gasteiger partial charge < -0.3 is 4.74 Å². The van der Waals surface area contributed by atoms with E-state index < -0.39 is 0 Å². The lowest BCUT2D eigenvalue weighted by Gasteiger charge is -2.08. The van der Waals surface area contributed by atoms with Crippen molar-refractivity contribution in [3.63, 3.8) is 0 Å². The number of para-hydroxylation sites is 2. The Morgan fingerprint density at radius 2 is 1.12 bits per heavy atom. The summed E-state index contributed by atoms with van der Waals surface area (Å²) < 4.78 is 5.82. The van der Waals surface area contributed by atoms with E-state index in [-0.39, 0.29) is 0 Å². The standard InChI is InChI=1S/C21H22N2O/c1-13-8-6-9-14(2)19(13)22-18-12-17(5)24-21(18)23-20-15(3)10-7-11-16(20)4/h6-12H,1-5H3. The van der Waals surface area contributed by atoms with Gasteiger partial charge in [-0.05, 0) is 56.9 Å². The number of hydrogen-bond acceptors (Lipinski definition) is 3. The maximum absolute atomic E-state index is 5.82. The highest BCUT2D eigenvalue weighted by Gasteiger charge is 2.19. The molecule has 0 aromatic heterocycles. The minimum absolute atomic E-state index is 0.563. The molecule has 2 aromatic carbocycles. The summed E-state index contributed by atoms with van der Waals surface area (Å²) in [5.41, 5.74) is 7.25. The summed E-state index contributed by atoms with van der Waals surface area (Å²) in [5.74, 6) is 1.37. The zero-order chi connectivity index (χ0) is 17.3. The zero-order valence-corrected chi connectivity index (χ0v) is 14.8. The molecule has 122 valence electrons. The van der Waals surface area contributed by atoms with Gasteiger partial charge in [-0.15, -0.1) is 0 Å². The minimum Gasteiger partial charge on any atom is -0.442 e. The number of nitrogens with zero attached hydrogens (tertiary/aromatic N) is 2. The minimum atomic E-state index is 0.563. The topological polar surface area (TPSA) is 34.0 Å². The number of benzene rings is 2. The second kappa shape index (κ2) is 6.44. The van der Waals surface area contributed by atoms with Crippen LogP contribution in [0.3, 0.4) is 0 Å². The van der Waals surface area contributed by atoms with Crippen molar-refractivity contribution in [3.8, 4) is 0 Å². The number of rotatable bonds is 2. The first kappa shape index (κ1) is 16.2. The van der Waals surface area contributed by atoms with Crippen LogP contribution in [0.2, 0.25) is 0 Å². The van der Waals surface area contributed by atoms with Crippen LogP contribution in [0, 0.1) is 27.7 Å². The lowest BCUT2D eigenvalue weighted by Crippen LogP contribution is -2.08. The van der Waals surface area contributed by atoms with Crippen molar-refractivity contribution >= 4 is 23.0 Å². The second-order valence-corrected chi connectivity index (χ2v) is 6.25. The molecule has 24 heavy (non-hydrogen) atoms. The Kier molecular flexibility index (Phi) is 4.34. The normalized spacial score (nSPS) is 17.3. The lowest BCUT2D eigenvalue weighted by atomic mass is 10.1. The molecule has 0 bridgehead atoms. The Bertz CT molecular complexity index is 848. The van der Waals surface area contributed by atoms with Gasteiger partial charge in [-0.2, -0.15) is 0 Å². The molecule has 0 fully saturated rings. The number of aliphatic imine (C=N–C) groups is 2. The molecular formula is C21H22N2O. The highest BCUT2D eigenvalue weighted by Crippen LogP contribution is 2.28. The molecule has 3 rings (SSSR count). The molecule has 1 heterocycles. The van der Waals surface area contributed by atoms with Crippen molar-refractivity contribution < 1.29 is 4.74 Å². The number of ether oxygens (including phenoxy) is 1. The van der Waals surface area contributed by atoms with Crippen LogP contribution in [0.25, 0.3) is 0 Å². The molecule has 0 spiro atoms. The van der Waals surface area contributed by atoms with Crippen LogP contribution in [0.5, 0.6) is 0 Å². The fourth-order valence-electron chi connectivity index (χ4n) is 2.83. The fourth-order valence-corrected chi connectivity index (χ4v) is 2.83. The molecule has 0 saturated carbocycles. The van der Waals surface area contributed by atoms with Crippen LogP contribution in [-0.4, -0.2) is 11.6 Å². The van der Waals surface area contributed by atoms with Gasteiger partial charge in [0.15, 0.2) is 0 Å². The molecule has 0 saturated heterocycles. The SMILES string of the molecule is CC1=CC(=Nc2c(C)cccc2C)C(=Nc2c(C)cccc2C)O1. The van der Waals surface area contributed by atoms with E-state index in [0.717, 1.165) is 45.1 Å². The third-order valence-corrected chi connectivity index (χ3v) is 4.14. The van der Waals surface area contributed by atoms with Gasteiger partial charge in [0.05, 0.1) is 11.4 Å². The van der Waals surface area contributed by atoms with Crippen molar-refractivity contribution in [1.82, 2.24) is 0 Å². The summed E-state index contributed by atoms with van der Waals surface area (Å²) in [5, 5.41) is 0. The summed E-state index contributed by atoms with van der Waals surface area (Å²) in [7, 11) is 0. The Morgan fingerprint density at radius 1 is 0.667 bits per heavy atom. The smallest absolute Gasteiger partial charge is 0.245 e. The maximum Gasteiger partial charge on any atom is 0.245 e. The molecule has 0 unspecified atom stereocenters. The highest BCUT2D eigenvalue weighted by molar-refractivity contribution is 6.46. The van der Waals surface area contributed by atoms with Gasteiger partial charge in [0.25, 0.3) is 0 Å². The molecule has 3 nitrogen and oxygen atoms in total. The molecule has 1 aliphatic heterocycles. The van der Waals surface area contributed by atoms with Crippen molar-refractivity contribution in [3.05, 3.63) is 70.5 Å². The van der Waals surface area contributed by atoms with E-state index in [2.05, 4.69) is 52.0 Å².